The maximum atomic E-state index is 10.5. The number of hydrogen-bond acceptors (Lipinski definition) is 6. The number of methoxy groups -OCH3 is 1. The lowest BCUT2D eigenvalue weighted by Crippen LogP contribution is -2.29. The molecule has 1 fully saturated rings. The van der Waals surface area contributed by atoms with Gasteiger partial charge in [0.05, 0.1) is 20.3 Å². The Kier molecular flexibility index (Phi) is 6.69. The normalized spacial score (nSPS) is 19.4. The van der Waals surface area contributed by atoms with Gasteiger partial charge in [0.1, 0.15) is 6.04 Å². The van der Waals surface area contributed by atoms with Gasteiger partial charge >= 0.3 is 11.9 Å². The van der Waals surface area contributed by atoms with Crippen molar-refractivity contribution >= 4 is 11.9 Å². The molecule has 0 radical (unpaired) electrons. The maximum absolute atomic E-state index is 10.5. The Hall–Kier alpha value is -1.14. The van der Waals surface area contributed by atoms with Crippen molar-refractivity contribution in [1.82, 2.24) is 5.32 Å². The van der Waals surface area contributed by atoms with Crippen LogP contribution in [0.4, 0.5) is 0 Å². The van der Waals surface area contributed by atoms with Crippen LogP contribution in [-0.2, 0) is 19.1 Å². The van der Waals surface area contributed by atoms with Gasteiger partial charge in [0.2, 0.25) is 0 Å². The highest BCUT2D eigenvalue weighted by molar-refractivity contribution is 5.77. The van der Waals surface area contributed by atoms with Gasteiger partial charge < -0.3 is 20.5 Å². The number of rotatable bonds is 2. The van der Waals surface area contributed by atoms with Crippen molar-refractivity contribution in [1.29, 1.82) is 0 Å². The molecule has 0 spiro atoms. The molecule has 0 aliphatic carbocycles. The third kappa shape index (κ3) is 4.78. The summed E-state index contributed by atoms with van der Waals surface area (Å²) in [5.74, 6) is -0.498. The SMILES string of the molecule is CNC1CCOC1=O.COC(=O)CN. The Bertz CT molecular complexity index is 190. The average Bonchev–Trinajstić information content (AvgIpc) is 2.63. The lowest BCUT2D eigenvalue weighted by molar-refractivity contribution is -0.140. The van der Waals surface area contributed by atoms with Gasteiger partial charge in [0.25, 0.3) is 0 Å². The van der Waals surface area contributed by atoms with Crippen molar-refractivity contribution in [2.45, 2.75) is 12.5 Å². The van der Waals surface area contributed by atoms with Crippen molar-refractivity contribution in [3.05, 3.63) is 0 Å². The highest BCUT2D eigenvalue weighted by atomic mass is 16.5. The fourth-order valence-corrected chi connectivity index (χ4v) is 0.841. The second-order valence-electron chi connectivity index (χ2n) is 2.58. The fraction of sp³-hybridized carbons (Fsp3) is 0.750. The minimum Gasteiger partial charge on any atom is -0.468 e. The summed E-state index contributed by atoms with van der Waals surface area (Å²) in [5.41, 5.74) is 4.81. The first kappa shape index (κ1) is 12.9. The zero-order valence-electron chi connectivity index (χ0n) is 8.41. The summed E-state index contributed by atoms with van der Waals surface area (Å²) in [6.45, 7) is 0.543. The van der Waals surface area contributed by atoms with Crippen LogP contribution >= 0.6 is 0 Å². The molecule has 6 nitrogen and oxygen atoms in total. The molecule has 1 aliphatic heterocycles. The molecular formula is C8H16N2O4. The molecule has 0 saturated carbocycles. The van der Waals surface area contributed by atoms with Crippen molar-refractivity contribution < 1.29 is 19.1 Å². The van der Waals surface area contributed by atoms with Crippen molar-refractivity contribution in [3.8, 4) is 0 Å². The number of carbonyl (C=O) groups excluding carboxylic acids is 2. The smallest absolute Gasteiger partial charge is 0.323 e. The predicted molar refractivity (Wildman–Crippen MR) is 49.5 cm³/mol. The van der Waals surface area contributed by atoms with Crippen molar-refractivity contribution in [3.63, 3.8) is 0 Å². The second-order valence-corrected chi connectivity index (χ2v) is 2.58. The highest BCUT2D eigenvalue weighted by Crippen LogP contribution is 2.03. The largest absolute Gasteiger partial charge is 0.468 e. The Morgan fingerprint density at radius 1 is 1.79 bits per heavy atom. The number of ether oxygens (including phenoxy) is 2. The number of cyclic esters (lactones) is 1. The quantitative estimate of drug-likeness (QED) is 0.540. The highest BCUT2D eigenvalue weighted by Gasteiger charge is 2.23. The average molecular weight is 204 g/mol. The number of nitrogens with one attached hydrogen (secondary N) is 1. The zero-order valence-corrected chi connectivity index (χ0v) is 8.41. The van der Waals surface area contributed by atoms with E-state index in [1.807, 2.05) is 0 Å². The predicted octanol–water partition coefficient (Wildman–Crippen LogP) is -1.36. The molecular weight excluding hydrogens is 188 g/mol. The maximum Gasteiger partial charge on any atom is 0.323 e. The van der Waals surface area contributed by atoms with Crippen LogP contribution in [0.3, 0.4) is 0 Å². The van der Waals surface area contributed by atoms with Gasteiger partial charge in [-0.15, -0.1) is 0 Å². The minimum absolute atomic E-state index is 0.0312. The molecule has 14 heavy (non-hydrogen) atoms. The van der Waals surface area contributed by atoms with Crippen LogP contribution in [0.1, 0.15) is 6.42 Å². The molecule has 1 saturated heterocycles. The third-order valence-electron chi connectivity index (χ3n) is 1.68. The number of carbonyl (C=O) groups is 2. The lowest BCUT2D eigenvalue weighted by atomic mass is 10.3. The van der Waals surface area contributed by atoms with E-state index < -0.39 is 0 Å². The van der Waals surface area contributed by atoms with E-state index in [1.165, 1.54) is 7.11 Å². The molecule has 0 aromatic carbocycles. The van der Waals surface area contributed by atoms with Crippen LogP contribution < -0.4 is 11.1 Å². The summed E-state index contributed by atoms with van der Waals surface area (Å²) < 4.78 is 8.79. The Morgan fingerprint density at radius 2 is 2.43 bits per heavy atom. The summed E-state index contributed by atoms with van der Waals surface area (Å²) in [4.78, 5) is 20.4. The second kappa shape index (κ2) is 7.28. The summed E-state index contributed by atoms with van der Waals surface area (Å²) in [6, 6.07) is -0.0463. The van der Waals surface area contributed by atoms with Gasteiger partial charge in [0.15, 0.2) is 0 Å². The number of esters is 2. The van der Waals surface area contributed by atoms with Crippen LogP contribution in [0.15, 0.2) is 0 Å². The summed E-state index contributed by atoms with van der Waals surface area (Å²) in [5, 5.41) is 2.84. The van der Waals surface area contributed by atoms with Gasteiger partial charge in [-0.25, -0.2) is 0 Å². The van der Waals surface area contributed by atoms with Crippen molar-refractivity contribution in [2.24, 2.45) is 5.73 Å². The number of hydrogen-bond donors (Lipinski definition) is 2. The topological polar surface area (TPSA) is 90.6 Å². The summed E-state index contributed by atoms with van der Waals surface area (Å²) in [6.07, 6.45) is 0.815. The van der Waals surface area contributed by atoms with E-state index in [2.05, 4.69) is 14.8 Å². The van der Waals surface area contributed by atoms with E-state index in [0.717, 1.165) is 6.42 Å². The Morgan fingerprint density at radius 3 is 2.57 bits per heavy atom. The van der Waals surface area contributed by atoms with Crippen molar-refractivity contribution in [2.75, 3.05) is 27.3 Å². The van der Waals surface area contributed by atoms with Gasteiger partial charge in [0, 0.05) is 6.42 Å². The first-order chi connectivity index (χ1) is 6.65. The third-order valence-corrected chi connectivity index (χ3v) is 1.68. The molecule has 0 amide bonds. The Labute approximate surface area is 82.7 Å². The lowest BCUT2D eigenvalue weighted by Gasteiger charge is -1.98. The number of nitrogens with two attached hydrogens (primary N) is 1. The molecule has 3 N–H and O–H groups in total. The van der Waals surface area contributed by atoms with Gasteiger partial charge in [-0.1, -0.05) is 0 Å². The van der Waals surface area contributed by atoms with E-state index in [1.54, 1.807) is 7.05 Å². The van der Waals surface area contributed by atoms with E-state index in [9.17, 15) is 9.59 Å². The van der Waals surface area contributed by atoms with Crippen LogP contribution in [0.2, 0.25) is 0 Å². The standard InChI is InChI=1S/C5H9NO2.C3H7NO2/c1-6-4-2-3-8-5(4)7;1-6-3(5)2-4/h4,6H,2-3H2,1H3;2,4H2,1H3. The molecule has 0 aromatic rings. The fourth-order valence-electron chi connectivity index (χ4n) is 0.841. The zero-order chi connectivity index (χ0) is 11.0. The number of likely N-dealkylation sites (N-methyl/N-ethyl adjacent to an activating group) is 1. The summed E-state index contributed by atoms with van der Waals surface area (Å²) >= 11 is 0. The van der Waals surface area contributed by atoms with Gasteiger partial charge in [-0.3, -0.25) is 9.59 Å². The molecule has 0 bridgehead atoms. The first-order valence-electron chi connectivity index (χ1n) is 4.26. The molecule has 1 rings (SSSR count). The molecule has 1 unspecified atom stereocenters. The molecule has 1 heterocycles. The van der Waals surface area contributed by atoms with Crippen LogP contribution in [-0.4, -0.2) is 45.3 Å². The molecule has 1 atom stereocenters. The molecule has 6 heteroatoms. The van der Waals surface area contributed by atoms with Crippen LogP contribution in [0, 0.1) is 0 Å². The van der Waals surface area contributed by atoms with Crippen LogP contribution in [0.5, 0.6) is 0 Å². The molecule has 1 aliphatic rings. The van der Waals surface area contributed by atoms with E-state index in [4.69, 9.17) is 5.73 Å². The molecule has 82 valence electrons. The van der Waals surface area contributed by atoms with Crippen LogP contribution in [0.25, 0.3) is 0 Å². The van der Waals surface area contributed by atoms with Gasteiger partial charge in [-0.2, -0.15) is 0 Å². The minimum atomic E-state index is -0.380. The van der Waals surface area contributed by atoms with E-state index >= 15 is 0 Å². The Balaban J connectivity index is 0.000000255. The van der Waals surface area contributed by atoms with Gasteiger partial charge in [-0.05, 0) is 7.05 Å². The van der Waals surface area contributed by atoms with E-state index in [-0.39, 0.29) is 24.5 Å². The first-order valence-corrected chi connectivity index (χ1v) is 4.26. The molecule has 0 aromatic heterocycles. The summed E-state index contributed by atoms with van der Waals surface area (Å²) in [7, 11) is 3.06. The monoisotopic (exact) mass is 204 g/mol. The van der Waals surface area contributed by atoms with E-state index in [0.29, 0.717) is 6.61 Å².